The van der Waals surface area contributed by atoms with Gasteiger partial charge in [0.05, 0.1) is 0 Å². The van der Waals surface area contributed by atoms with Crippen molar-refractivity contribution in [1.29, 1.82) is 0 Å². The van der Waals surface area contributed by atoms with Crippen molar-refractivity contribution in [3.63, 3.8) is 0 Å². The zero-order valence-corrected chi connectivity index (χ0v) is 22.2. The number of hydrogen-bond acceptors (Lipinski definition) is 1. The summed E-state index contributed by atoms with van der Waals surface area (Å²) in [7, 11) is 0. The summed E-state index contributed by atoms with van der Waals surface area (Å²) in [6, 6.07) is 0.620. The molecule has 1 aliphatic heterocycles. The van der Waals surface area contributed by atoms with Crippen molar-refractivity contribution in [2.24, 2.45) is 5.41 Å². The monoisotopic (exact) mass is 451 g/mol. The van der Waals surface area contributed by atoms with E-state index in [1.165, 1.54) is 55.0 Å². The van der Waals surface area contributed by atoms with Crippen LogP contribution in [0.1, 0.15) is 87.0 Å². The van der Waals surface area contributed by atoms with E-state index in [0.29, 0.717) is 6.04 Å². The van der Waals surface area contributed by atoms with Crippen LogP contribution in [0.5, 0.6) is 0 Å². The Morgan fingerprint density at radius 2 is 1.94 bits per heavy atom. The van der Waals surface area contributed by atoms with Crippen LogP contribution >= 0.6 is 0 Å². The van der Waals surface area contributed by atoms with Gasteiger partial charge in [-0.25, -0.2) is 0 Å². The first-order valence-electron chi connectivity index (χ1n) is 12.6. The summed E-state index contributed by atoms with van der Waals surface area (Å²) in [6.45, 7) is 24.0. The third-order valence-corrected chi connectivity index (χ3v) is 6.48. The number of hydrogen-bond donors (Lipinski definition) is 1. The Labute approximate surface area is 203 Å². The number of halogens is 1. The van der Waals surface area contributed by atoms with Crippen molar-refractivity contribution >= 4 is 0 Å². The van der Waals surface area contributed by atoms with Crippen LogP contribution in [0.25, 0.3) is 0 Å². The van der Waals surface area contributed by atoms with E-state index < -0.39 is 0 Å². The minimum atomic E-state index is -0.330. The van der Waals surface area contributed by atoms with Crippen LogP contribution in [0.2, 0.25) is 0 Å². The molecule has 0 radical (unpaired) electrons. The van der Waals surface area contributed by atoms with Gasteiger partial charge in [-0.3, -0.25) is 0 Å². The fourth-order valence-corrected chi connectivity index (χ4v) is 4.77. The molecule has 2 aliphatic carbocycles. The first-order chi connectivity index (χ1) is 15.7. The summed E-state index contributed by atoms with van der Waals surface area (Å²) < 4.78 is 13.8. The molecule has 0 amide bonds. The molecule has 3 aliphatic rings. The standard InChI is InChI=1S/C22H27F.C7H13N.C2H6/c1-6-8-21-17(3)9-7-12-22(21,5)15-18(4)19-13-16(2)10-11-20(23)14-19;1-6(2)7-4-3-5-8-7;1-2/h6,8,10-11,13H,4,7,9,12,15H2,1-3,5H3;7-8H,1,3-5H2,2H3;1-2H3/b8-6-;;. The Morgan fingerprint density at radius 3 is 2.48 bits per heavy atom. The maximum atomic E-state index is 13.8. The zero-order valence-electron chi connectivity index (χ0n) is 22.2. The number of nitrogens with one attached hydrogen (secondary N) is 1. The fourth-order valence-electron chi connectivity index (χ4n) is 4.77. The second kappa shape index (κ2) is 14.2. The molecule has 1 fully saturated rings. The third kappa shape index (κ3) is 8.95. The van der Waals surface area contributed by atoms with E-state index in [9.17, 15) is 4.39 Å². The summed E-state index contributed by atoms with van der Waals surface area (Å²) in [5.74, 6) is -0.330. The SMILES string of the molecule is C=C(C)C1CCCN1.C=C(CC1(C)CCCC(C)=C1/C=C\C)C1=C=C(F)C=CC(C)=C1.CC. The molecule has 2 unspecified atom stereocenters. The lowest BCUT2D eigenvalue weighted by molar-refractivity contribution is 0.337. The molecule has 2 heteroatoms. The number of rotatable bonds is 5. The van der Waals surface area contributed by atoms with E-state index in [0.717, 1.165) is 29.6 Å². The van der Waals surface area contributed by atoms with Gasteiger partial charge >= 0.3 is 0 Å². The van der Waals surface area contributed by atoms with Crippen LogP contribution in [0, 0.1) is 5.41 Å². The molecule has 0 aromatic rings. The molecule has 0 aromatic heterocycles. The lowest BCUT2D eigenvalue weighted by Gasteiger charge is -2.37. The molecule has 2 atom stereocenters. The van der Waals surface area contributed by atoms with Crippen molar-refractivity contribution in [2.45, 2.75) is 93.0 Å². The molecule has 1 heterocycles. The number of allylic oxidation sites excluding steroid dienone is 10. The molecule has 33 heavy (non-hydrogen) atoms. The molecule has 0 saturated carbocycles. The van der Waals surface area contributed by atoms with Gasteiger partial charge in [0, 0.05) is 11.6 Å². The third-order valence-electron chi connectivity index (χ3n) is 6.48. The van der Waals surface area contributed by atoms with Crippen molar-refractivity contribution < 1.29 is 4.39 Å². The van der Waals surface area contributed by atoms with Crippen LogP contribution in [-0.4, -0.2) is 12.6 Å². The van der Waals surface area contributed by atoms with Crippen molar-refractivity contribution in [1.82, 2.24) is 5.32 Å². The largest absolute Gasteiger partial charge is 0.310 e. The second-order valence-corrected chi connectivity index (χ2v) is 9.49. The summed E-state index contributed by atoms with van der Waals surface area (Å²) in [4.78, 5) is 0. The van der Waals surface area contributed by atoms with Crippen LogP contribution < -0.4 is 5.32 Å². The summed E-state index contributed by atoms with van der Waals surface area (Å²) in [6.07, 6.45) is 16.5. The van der Waals surface area contributed by atoms with Gasteiger partial charge in [-0.1, -0.05) is 69.0 Å². The highest BCUT2D eigenvalue weighted by Gasteiger charge is 2.32. The Kier molecular flexibility index (Phi) is 12.4. The zero-order chi connectivity index (χ0) is 25.0. The highest BCUT2D eigenvalue weighted by atomic mass is 19.1. The Bertz CT molecular complexity index is 880. The first kappa shape index (κ1) is 28.9. The molecule has 0 aromatic carbocycles. The van der Waals surface area contributed by atoms with E-state index >= 15 is 0 Å². The normalized spacial score (nSPS) is 24.6. The van der Waals surface area contributed by atoms with Crippen molar-refractivity contribution in [2.75, 3.05) is 6.54 Å². The predicted octanol–water partition coefficient (Wildman–Crippen LogP) is 9.25. The molecule has 1 N–H and O–H groups in total. The molecule has 182 valence electrons. The van der Waals surface area contributed by atoms with Gasteiger partial charge in [0.15, 0.2) is 5.83 Å². The van der Waals surface area contributed by atoms with Gasteiger partial charge in [-0.2, -0.15) is 4.39 Å². The minimum absolute atomic E-state index is 0.0680. The average Bonchev–Trinajstić information content (AvgIpc) is 3.26. The Balaban J connectivity index is 0.000000454. The molecule has 0 bridgehead atoms. The molecular formula is C31H46FN. The van der Waals surface area contributed by atoms with Crippen molar-refractivity contribution in [3.8, 4) is 0 Å². The predicted molar refractivity (Wildman–Crippen MR) is 145 cm³/mol. The van der Waals surface area contributed by atoms with E-state index in [4.69, 9.17) is 0 Å². The molecule has 0 spiro atoms. The fraction of sp³-hybridized carbons (Fsp3) is 0.516. The lowest BCUT2D eigenvalue weighted by Crippen LogP contribution is -2.24. The van der Waals surface area contributed by atoms with E-state index in [2.05, 4.69) is 64.1 Å². The highest BCUT2D eigenvalue weighted by molar-refractivity contribution is 5.47. The highest BCUT2D eigenvalue weighted by Crippen LogP contribution is 2.46. The van der Waals surface area contributed by atoms with Gasteiger partial charge in [0.1, 0.15) is 0 Å². The average molecular weight is 452 g/mol. The maximum Gasteiger partial charge on any atom is 0.166 e. The van der Waals surface area contributed by atoms with Crippen LogP contribution in [0.3, 0.4) is 0 Å². The van der Waals surface area contributed by atoms with Crippen LogP contribution in [0.4, 0.5) is 4.39 Å². The van der Waals surface area contributed by atoms with Gasteiger partial charge in [0.2, 0.25) is 0 Å². The van der Waals surface area contributed by atoms with Gasteiger partial charge in [0.25, 0.3) is 0 Å². The van der Waals surface area contributed by atoms with Gasteiger partial charge in [-0.05, 0) is 107 Å². The van der Waals surface area contributed by atoms with Gasteiger partial charge < -0.3 is 5.32 Å². The summed E-state index contributed by atoms with van der Waals surface area (Å²) in [5, 5.41) is 3.36. The minimum Gasteiger partial charge on any atom is -0.310 e. The lowest BCUT2D eigenvalue weighted by atomic mass is 9.67. The topological polar surface area (TPSA) is 12.0 Å². The van der Waals surface area contributed by atoms with E-state index in [-0.39, 0.29) is 11.2 Å². The summed E-state index contributed by atoms with van der Waals surface area (Å²) in [5.41, 5.74) is 9.85. The van der Waals surface area contributed by atoms with E-state index in [1.54, 1.807) is 6.08 Å². The first-order valence-corrected chi connectivity index (χ1v) is 12.6. The quantitative estimate of drug-likeness (QED) is 0.324. The molecule has 1 saturated heterocycles. The molecular weight excluding hydrogens is 405 g/mol. The summed E-state index contributed by atoms with van der Waals surface area (Å²) >= 11 is 0. The van der Waals surface area contributed by atoms with Crippen molar-refractivity contribution in [3.05, 3.63) is 88.5 Å². The van der Waals surface area contributed by atoms with Crippen LogP contribution in [0.15, 0.2) is 88.5 Å². The van der Waals surface area contributed by atoms with Gasteiger partial charge in [-0.15, -0.1) is 0 Å². The Hall–Kier alpha value is -2.15. The smallest absolute Gasteiger partial charge is 0.166 e. The maximum absolute atomic E-state index is 13.8. The second-order valence-electron chi connectivity index (χ2n) is 9.49. The molecule has 3 rings (SSSR count). The van der Waals surface area contributed by atoms with Crippen LogP contribution in [-0.2, 0) is 0 Å². The van der Waals surface area contributed by atoms with E-state index in [1.807, 2.05) is 26.8 Å². The molecule has 1 nitrogen and oxygen atoms in total. The Morgan fingerprint density at radius 1 is 1.24 bits per heavy atom.